The first-order valence-electron chi connectivity index (χ1n) is 9.65. The van der Waals surface area contributed by atoms with Gasteiger partial charge < -0.3 is 14.9 Å². The summed E-state index contributed by atoms with van der Waals surface area (Å²) in [5.41, 5.74) is 4.02. The number of rotatable bonds is 2. The van der Waals surface area contributed by atoms with Crippen molar-refractivity contribution in [2.45, 2.75) is 31.6 Å². The van der Waals surface area contributed by atoms with Crippen LogP contribution in [0.25, 0.3) is 0 Å². The fourth-order valence-electron chi connectivity index (χ4n) is 4.50. The molecule has 2 aliphatic rings. The molecule has 7 heteroatoms. The van der Waals surface area contributed by atoms with Gasteiger partial charge in [0.1, 0.15) is 11.6 Å². The molecule has 30 heavy (non-hydrogen) atoms. The molecule has 3 aromatic rings. The molecule has 0 fully saturated rings. The summed E-state index contributed by atoms with van der Waals surface area (Å²) in [6.07, 6.45) is 0.897. The molecule has 2 aromatic carbocycles. The minimum Gasteiger partial charge on any atom is -0.508 e. The van der Waals surface area contributed by atoms with Crippen molar-refractivity contribution in [1.29, 1.82) is 0 Å². The SMILES string of the molecule is Cc1noc2c1[C@@H](c1cc(Br)ccc1F)C1=C(C[C@H](c3ccc(O)cc3)CC1=O)N2. The van der Waals surface area contributed by atoms with Crippen LogP contribution in [-0.2, 0) is 4.79 Å². The van der Waals surface area contributed by atoms with E-state index in [1.807, 2.05) is 12.1 Å². The van der Waals surface area contributed by atoms with Crippen LogP contribution >= 0.6 is 15.9 Å². The minimum atomic E-state index is -0.576. The molecule has 5 rings (SSSR count). The lowest BCUT2D eigenvalue weighted by molar-refractivity contribution is -0.116. The standard InChI is InChI=1S/C23H18BrFN2O3/c1-11-20-21(16-10-14(24)4-7-17(16)25)22-18(26-23(20)30-27-11)8-13(9-19(22)29)12-2-5-15(28)6-3-12/h2-7,10,13,21,26,28H,8-9H2,1H3/t13-,21+/m0/s1. The third kappa shape index (κ3) is 3.04. The topological polar surface area (TPSA) is 75.4 Å². The summed E-state index contributed by atoms with van der Waals surface area (Å²) in [4.78, 5) is 13.4. The molecule has 0 saturated carbocycles. The molecule has 2 N–H and O–H groups in total. The Balaban J connectivity index is 1.64. The van der Waals surface area contributed by atoms with E-state index in [-0.39, 0.29) is 23.3 Å². The van der Waals surface area contributed by atoms with Gasteiger partial charge in [0.2, 0.25) is 5.88 Å². The van der Waals surface area contributed by atoms with Crippen LogP contribution in [0.4, 0.5) is 10.3 Å². The number of carbonyl (C=O) groups is 1. The summed E-state index contributed by atoms with van der Waals surface area (Å²) in [5, 5.41) is 16.9. The fourth-order valence-corrected chi connectivity index (χ4v) is 4.88. The Morgan fingerprint density at radius 3 is 2.73 bits per heavy atom. The number of nitrogens with zero attached hydrogens (tertiary/aromatic N) is 1. The van der Waals surface area contributed by atoms with Gasteiger partial charge in [0.15, 0.2) is 5.78 Å². The Morgan fingerprint density at radius 2 is 1.97 bits per heavy atom. The first-order chi connectivity index (χ1) is 14.4. The van der Waals surface area contributed by atoms with Crippen molar-refractivity contribution in [3.05, 3.63) is 86.4 Å². The van der Waals surface area contributed by atoms with Crippen LogP contribution in [0.15, 0.2) is 62.7 Å². The van der Waals surface area contributed by atoms with Gasteiger partial charge in [-0.2, -0.15) is 0 Å². The number of aryl methyl sites for hydroxylation is 1. The number of anilines is 1. The Bertz CT molecular complexity index is 1200. The largest absolute Gasteiger partial charge is 0.508 e. The summed E-state index contributed by atoms with van der Waals surface area (Å²) in [7, 11) is 0. The maximum atomic E-state index is 14.9. The number of nitrogens with one attached hydrogen (secondary N) is 1. The van der Waals surface area contributed by atoms with Crippen LogP contribution in [0.5, 0.6) is 5.75 Å². The van der Waals surface area contributed by atoms with E-state index < -0.39 is 5.92 Å². The second-order valence-corrected chi connectivity index (χ2v) is 8.66. The molecular formula is C23H18BrFN2O3. The van der Waals surface area contributed by atoms with Crippen molar-refractivity contribution in [2.75, 3.05) is 5.32 Å². The molecule has 2 atom stereocenters. The number of phenols is 1. The molecule has 0 radical (unpaired) electrons. The summed E-state index contributed by atoms with van der Waals surface area (Å²) in [5.74, 6) is -0.385. The van der Waals surface area contributed by atoms with Gasteiger partial charge in [-0.05, 0) is 55.2 Å². The van der Waals surface area contributed by atoms with Gasteiger partial charge in [-0.15, -0.1) is 0 Å². The second-order valence-electron chi connectivity index (χ2n) is 7.75. The van der Waals surface area contributed by atoms with Crippen LogP contribution in [-0.4, -0.2) is 16.0 Å². The van der Waals surface area contributed by atoms with Gasteiger partial charge in [-0.3, -0.25) is 4.79 Å². The van der Waals surface area contributed by atoms with Gasteiger partial charge in [0.25, 0.3) is 0 Å². The Morgan fingerprint density at radius 1 is 1.20 bits per heavy atom. The van der Waals surface area contributed by atoms with Crippen molar-refractivity contribution in [2.24, 2.45) is 0 Å². The van der Waals surface area contributed by atoms with Crippen molar-refractivity contribution in [3.8, 4) is 5.75 Å². The molecule has 0 unspecified atom stereocenters. The lowest BCUT2D eigenvalue weighted by atomic mass is 9.72. The van der Waals surface area contributed by atoms with E-state index in [0.717, 1.165) is 15.7 Å². The molecule has 1 aromatic heterocycles. The predicted molar refractivity (Wildman–Crippen MR) is 113 cm³/mol. The Kier molecular flexibility index (Phi) is 4.50. The highest BCUT2D eigenvalue weighted by molar-refractivity contribution is 9.10. The average molecular weight is 469 g/mol. The number of Topliss-reactive ketones (excluding diaryl/α,β-unsaturated/α-hetero) is 1. The van der Waals surface area contributed by atoms with Crippen LogP contribution in [0.1, 0.15) is 47.1 Å². The molecule has 0 saturated heterocycles. The number of hydrogen-bond donors (Lipinski definition) is 2. The highest BCUT2D eigenvalue weighted by Crippen LogP contribution is 2.49. The third-order valence-corrected chi connectivity index (χ3v) is 6.38. The van der Waals surface area contributed by atoms with Gasteiger partial charge in [-0.1, -0.05) is 33.2 Å². The molecule has 5 nitrogen and oxygen atoms in total. The number of carbonyl (C=O) groups excluding carboxylic acids is 1. The van der Waals surface area contributed by atoms with Crippen molar-refractivity contribution < 1.29 is 18.8 Å². The number of phenolic OH excluding ortho intramolecular Hbond substituents is 1. The minimum absolute atomic E-state index is 0.0301. The second kappa shape index (κ2) is 7.09. The van der Waals surface area contributed by atoms with Gasteiger partial charge >= 0.3 is 0 Å². The number of ketones is 1. The van der Waals surface area contributed by atoms with Crippen molar-refractivity contribution in [1.82, 2.24) is 5.16 Å². The zero-order chi connectivity index (χ0) is 21.0. The van der Waals surface area contributed by atoms with Crippen LogP contribution in [0, 0.1) is 12.7 Å². The number of allylic oxidation sites excluding steroid dienone is 2. The van der Waals surface area contributed by atoms with E-state index in [4.69, 9.17) is 4.52 Å². The fraction of sp³-hybridized carbons (Fsp3) is 0.217. The summed E-state index contributed by atoms with van der Waals surface area (Å²) in [6, 6.07) is 11.7. The third-order valence-electron chi connectivity index (χ3n) is 5.89. The Labute approximate surface area is 180 Å². The van der Waals surface area contributed by atoms with Gasteiger partial charge in [-0.25, -0.2) is 4.39 Å². The highest BCUT2D eigenvalue weighted by atomic mass is 79.9. The van der Waals surface area contributed by atoms with E-state index in [1.54, 1.807) is 31.2 Å². The van der Waals surface area contributed by atoms with E-state index in [9.17, 15) is 14.3 Å². The van der Waals surface area contributed by atoms with Crippen molar-refractivity contribution >= 4 is 27.6 Å². The van der Waals surface area contributed by atoms with E-state index in [1.165, 1.54) is 6.07 Å². The summed E-state index contributed by atoms with van der Waals surface area (Å²) < 4.78 is 21.1. The van der Waals surface area contributed by atoms with Crippen LogP contribution in [0.2, 0.25) is 0 Å². The first kappa shape index (κ1) is 19.1. The molecule has 0 amide bonds. The zero-order valence-electron chi connectivity index (χ0n) is 16.1. The van der Waals surface area contributed by atoms with Crippen molar-refractivity contribution in [3.63, 3.8) is 0 Å². The van der Waals surface area contributed by atoms with Crippen LogP contribution in [0.3, 0.4) is 0 Å². The number of fused-ring (bicyclic) bond motifs is 1. The normalized spacial score (nSPS) is 20.6. The molecule has 0 spiro atoms. The van der Waals surface area contributed by atoms with Crippen LogP contribution < -0.4 is 5.32 Å². The monoisotopic (exact) mass is 468 g/mol. The van der Waals surface area contributed by atoms with Gasteiger partial charge in [0.05, 0.1) is 11.3 Å². The molecule has 1 aliphatic carbocycles. The lowest BCUT2D eigenvalue weighted by Gasteiger charge is -2.34. The number of benzene rings is 2. The number of aromatic nitrogens is 1. The molecular weight excluding hydrogens is 451 g/mol. The zero-order valence-corrected chi connectivity index (χ0v) is 17.7. The lowest BCUT2D eigenvalue weighted by Crippen LogP contribution is -2.30. The number of hydrogen-bond acceptors (Lipinski definition) is 5. The average Bonchev–Trinajstić information content (AvgIpc) is 3.09. The molecule has 1 aliphatic heterocycles. The van der Waals surface area contributed by atoms with E-state index >= 15 is 0 Å². The number of halogens is 2. The highest BCUT2D eigenvalue weighted by Gasteiger charge is 2.42. The summed E-state index contributed by atoms with van der Waals surface area (Å²) in [6.45, 7) is 1.80. The quantitative estimate of drug-likeness (QED) is 0.515. The first-order valence-corrected chi connectivity index (χ1v) is 10.4. The maximum absolute atomic E-state index is 14.9. The van der Waals surface area contributed by atoms with Gasteiger partial charge in [0, 0.05) is 33.6 Å². The molecule has 152 valence electrons. The number of aromatic hydroxyl groups is 1. The maximum Gasteiger partial charge on any atom is 0.233 e. The Hall–Kier alpha value is -2.93. The molecule has 0 bridgehead atoms. The van der Waals surface area contributed by atoms with E-state index in [2.05, 4.69) is 26.4 Å². The summed E-state index contributed by atoms with van der Waals surface area (Å²) >= 11 is 3.42. The molecule has 2 heterocycles. The predicted octanol–water partition coefficient (Wildman–Crippen LogP) is 5.55. The smallest absolute Gasteiger partial charge is 0.233 e. The van der Waals surface area contributed by atoms with E-state index in [0.29, 0.717) is 41.1 Å².